The molecule has 0 aromatic carbocycles. The van der Waals surface area contributed by atoms with Gasteiger partial charge in [-0.1, -0.05) is 13.8 Å². The van der Waals surface area contributed by atoms with Gasteiger partial charge in [-0.15, -0.1) is 11.6 Å². The Hall–Kier alpha value is -0.500. The predicted molar refractivity (Wildman–Crippen MR) is 63.2 cm³/mol. The van der Waals surface area contributed by atoms with E-state index in [2.05, 4.69) is 25.0 Å². The Morgan fingerprint density at radius 2 is 2.27 bits per heavy atom. The Bertz CT molecular complexity index is 343. The number of aryl methyl sites for hydroxylation is 1. The van der Waals surface area contributed by atoms with Gasteiger partial charge in [-0.25, -0.2) is 0 Å². The summed E-state index contributed by atoms with van der Waals surface area (Å²) in [5, 5.41) is 4.85. The minimum atomic E-state index is 0.324. The van der Waals surface area contributed by atoms with E-state index in [-0.39, 0.29) is 0 Å². The van der Waals surface area contributed by atoms with Crippen LogP contribution in [-0.4, -0.2) is 15.2 Å². The zero-order chi connectivity index (χ0) is 11.1. The van der Waals surface area contributed by atoms with Gasteiger partial charge in [0, 0.05) is 24.5 Å². The van der Waals surface area contributed by atoms with E-state index in [0.717, 1.165) is 12.8 Å². The third-order valence-electron chi connectivity index (χ3n) is 3.63. The van der Waals surface area contributed by atoms with Gasteiger partial charge in [0.05, 0.1) is 5.69 Å². The quantitative estimate of drug-likeness (QED) is 0.672. The minimum Gasteiger partial charge on any atom is -0.276 e. The monoisotopic (exact) mass is 226 g/mol. The summed E-state index contributed by atoms with van der Waals surface area (Å²) in [5.74, 6) is 0.509. The van der Waals surface area contributed by atoms with E-state index in [1.54, 1.807) is 0 Å². The number of aromatic nitrogens is 2. The first-order valence-corrected chi connectivity index (χ1v) is 6.06. The van der Waals surface area contributed by atoms with Gasteiger partial charge in [0.1, 0.15) is 0 Å². The standard InChI is InChI=1S/C12H19ClN2/c1-12(2)6-4-9(13)8-10(12)11-5-7-15(3)14-11/h5,7,9-10H,4,6,8H2,1-3H3. The zero-order valence-electron chi connectivity index (χ0n) is 9.70. The van der Waals surface area contributed by atoms with E-state index in [0.29, 0.717) is 16.7 Å². The van der Waals surface area contributed by atoms with Crippen molar-refractivity contribution in [1.29, 1.82) is 0 Å². The van der Waals surface area contributed by atoms with Crippen LogP contribution in [0.15, 0.2) is 12.3 Å². The maximum Gasteiger partial charge on any atom is 0.0661 e. The van der Waals surface area contributed by atoms with Crippen LogP contribution >= 0.6 is 11.6 Å². The molecule has 1 aliphatic rings. The largest absolute Gasteiger partial charge is 0.276 e. The van der Waals surface area contributed by atoms with Crippen LogP contribution in [0.25, 0.3) is 0 Å². The summed E-state index contributed by atoms with van der Waals surface area (Å²) in [4.78, 5) is 0. The number of alkyl halides is 1. The summed E-state index contributed by atoms with van der Waals surface area (Å²) in [6, 6.07) is 2.13. The summed E-state index contributed by atoms with van der Waals surface area (Å²) >= 11 is 6.26. The Balaban J connectivity index is 2.25. The van der Waals surface area contributed by atoms with Gasteiger partial charge in [-0.05, 0) is 30.7 Å². The second kappa shape index (κ2) is 3.82. The van der Waals surface area contributed by atoms with Gasteiger partial charge in [-0.2, -0.15) is 5.10 Å². The Labute approximate surface area is 96.6 Å². The van der Waals surface area contributed by atoms with Crippen molar-refractivity contribution in [3.63, 3.8) is 0 Å². The van der Waals surface area contributed by atoms with Gasteiger partial charge < -0.3 is 0 Å². The van der Waals surface area contributed by atoms with Crippen LogP contribution in [0.5, 0.6) is 0 Å². The molecule has 2 unspecified atom stereocenters. The number of halogens is 1. The van der Waals surface area contributed by atoms with Gasteiger partial charge in [0.2, 0.25) is 0 Å². The second-order valence-corrected chi connectivity index (χ2v) is 5.94. The first-order valence-electron chi connectivity index (χ1n) is 5.62. The van der Waals surface area contributed by atoms with Gasteiger partial charge in [0.15, 0.2) is 0 Å². The van der Waals surface area contributed by atoms with Crippen LogP contribution < -0.4 is 0 Å². The third-order valence-corrected chi connectivity index (χ3v) is 4.02. The molecule has 0 amide bonds. The van der Waals surface area contributed by atoms with Crippen LogP contribution in [0.4, 0.5) is 0 Å². The summed E-state index contributed by atoms with van der Waals surface area (Å²) in [6.07, 6.45) is 5.41. The highest BCUT2D eigenvalue weighted by Crippen LogP contribution is 2.47. The fourth-order valence-corrected chi connectivity index (χ4v) is 2.82. The molecular formula is C12H19ClN2. The van der Waals surface area contributed by atoms with Crippen molar-refractivity contribution in [1.82, 2.24) is 9.78 Å². The first-order chi connectivity index (χ1) is 6.99. The highest BCUT2D eigenvalue weighted by atomic mass is 35.5. The number of nitrogens with zero attached hydrogens (tertiary/aromatic N) is 2. The number of hydrogen-bond acceptors (Lipinski definition) is 1. The fourth-order valence-electron chi connectivity index (χ4n) is 2.54. The molecule has 2 rings (SSSR count). The van der Waals surface area contributed by atoms with Crippen molar-refractivity contribution >= 4 is 11.6 Å². The lowest BCUT2D eigenvalue weighted by molar-refractivity contribution is 0.198. The van der Waals surface area contributed by atoms with E-state index < -0.39 is 0 Å². The van der Waals surface area contributed by atoms with Crippen molar-refractivity contribution in [2.24, 2.45) is 12.5 Å². The van der Waals surface area contributed by atoms with Gasteiger partial charge >= 0.3 is 0 Å². The maximum atomic E-state index is 6.26. The maximum absolute atomic E-state index is 6.26. The lowest BCUT2D eigenvalue weighted by Crippen LogP contribution is -2.31. The number of rotatable bonds is 1. The smallest absolute Gasteiger partial charge is 0.0661 e. The Kier molecular flexibility index (Phi) is 2.80. The molecule has 2 nitrogen and oxygen atoms in total. The van der Waals surface area contributed by atoms with E-state index in [9.17, 15) is 0 Å². The Morgan fingerprint density at radius 1 is 1.53 bits per heavy atom. The lowest BCUT2D eigenvalue weighted by atomic mass is 9.67. The van der Waals surface area contributed by atoms with Crippen LogP contribution in [0.1, 0.15) is 44.7 Å². The molecule has 3 heteroatoms. The molecule has 1 heterocycles. The second-order valence-electron chi connectivity index (χ2n) is 5.33. The van der Waals surface area contributed by atoms with Crippen LogP contribution in [0.2, 0.25) is 0 Å². The molecule has 84 valence electrons. The average molecular weight is 227 g/mol. The zero-order valence-corrected chi connectivity index (χ0v) is 10.5. The molecule has 0 radical (unpaired) electrons. The van der Waals surface area contributed by atoms with Gasteiger partial charge in [-0.3, -0.25) is 4.68 Å². The first kappa shape index (κ1) is 11.0. The lowest BCUT2D eigenvalue weighted by Gasteiger charge is -2.39. The van der Waals surface area contributed by atoms with Crippen molar-refractivity contribution < 1.29 is 0 Å². The third kappa shape index (κ3) is 2.20. The normalized spacial score (nSPS) is 30.4. The van der Waals surface area contributed by atoms with E-state index in [4.69, 9.17) is 11.6 Å². The topological polar surface area (TPSA) is 17.8 Å². The summed E-state index contributed by atoms with van der Waals surface area (Å²) in [5.41, 5.74) is 1.53. The van der Waals surface area contributed by atoms with Crippen molar-refractivity contribution in [2.75, 3.05) is 0 Å². The van der Waals surface area contributed by atoms with E-state index >= 15 is 0 Å². The van der Waals surface area contributed by atoms with E-state index in [1.807, 2.05) is 17.9 Å². The molecule has 1 aromatic heterocycles. The molecule has 0 bridgehead atoms. The molecule has 0 saturated heterocycles. The molecule has 0 aliphatic heterocycles. The fraction of sp³-hybridized carbons (Fsp3) is 0.750. The van der Waals surface area contributed by atoms with Gasteiger partial charge in [0.25, 0.3) is 0 Å². The Morgan fingerprint density at radius 3 is 2.87 bits per heavy atom. The molecular weight excluding hydrogens is 208 g/mol. The summed E-state index contributed by atoms with van der Waals surface area (Å²) in [6.45, 7) is 4.66. The summed E-state index contributed by atoms with van der Waals surface area (Å²) in [7, 11) is 1.97. The van der Waals surface area contributed by atoms with Crippen molar-refractivity contribution in [2.45, 2.75) is 44.4 Å². The van der Waals surface area contributed by atoms with Crippen LogP contribution in [-0.2, 0) is 7.05 Å². The van der Waals surface area contributed by atoms with Crippen LogP contribution in [0, 0.1) is 5.41 Å². The molecule has 0 spiro atoms. The predicted octanol–water partition coefficient (Wildman–Crippen LogP) is 3.32. The molecule has 15 heavy (non-hydrogen) atoms. The molecule has 1 saturated carbocycles. The van der Waals surface area contributed by atoms with Crippen LogP contribution in [0.3, 0.4) is 0 Å². The highest BCUT2D eigenvalue weighted by molar-refractivity contribution is 6.20. The SMILES string of the molecule is Cn1ccc(C2CC(Cl)CCC2(C)C)n1. The molecule has 0 N–H and O–H groups in total. The molecule has 1 fully saturated rings. The molecule has 1 aromatic rings. The average Bonchev–Trinajstić information content (AvgIpc) is 2.56. The van der Waals surface area contributed by atoms with Crippen molar-refractivity contribution in [3.05, 3.63) is 18.0 Å². The minimum absolute atomic E-state index is 0.324. The summed E-state index contributed by atoms with van der Waals surface area (Å²) < 4.78 is 1.88. The number of hydrogen-bond donors (Lipinski definition) is 0. The van der Waals surface area contributed by atoms with Crippen molar-refractivity contribution in [3.8, 4) is 0 Å². The molecule has 2 atom stereocenters. The molecule has 1 aliphatic carbocycles. The highest BCUT2D eigenvalue weighted by Gasteiger charge is 2.37. The van der Waals surface area contributed by atoms with E-state index in [1.165, 1.54) is 12.1 Å².